The number of rotatable bonds is 4. The molecule has 0 saturated carbocycles. The largest absolute Gasteiger partial charge is 0.396 e. The summed E-state index contributed by atoms with van der Waals surface area (Å²) >= 11 is 0. The van der Waals surface area contributed by atoms with Crippen LogP contribution in [0.2, 0.25) is 0 Å². The Morgan fingerprint density at radius 1 is 1.58 bits per heavy atom. The van der Waals surface area contributed by atoms with E-state index in [-0.39, 0.29) is 18.7 Å². The van der Waals surface area contributed by atoms with Crippen molar-refractivity contribution in [3.8, 4) is 0 Å². The highest BCUT2D eigenvalue weighted by Crippen LogP contribution is 1.89. The Balaban J connectivity index is 1.95. The quantitative estimate of drug-likeness (QED) is 0.397. The second kappa shape index (κ2) is 4.95. The second-order valence-corrected chi connectivity index (χ2v) is 2.83. The Bertz CT molecular complexity index is 148. The van der Waals surface area contributed by atoms with Crippen LogP contribution in [0, 0.1) is 0 Å². The van der Waals surface area contributed by atoms with E-state index in [9.17, 15) is 4.79 Å². The molecule has 12 heavy (non-hydrogen) atoms. The predicted octanol–water partition coefficient (Wildman–Crippen LogP) is -1.36. The molecule has 1 aliphatic heterocycles. The van der Waals surface area contributed by atoms with Crippen molar-refractivity contribution in [3.05, 3.63) is 0 Å². The highest BCUT2D eigenvalue weighted by Gasteiger charge is 2.17. The molecule has 4 N–H and O–H groups in total. The summed E-state index contributed by atoms with van der Waals surface area (Å²) < 4.78 is 0. The molecule has 1 aliphatic rings. The summed E-state index contributed by atoms with van der Waals surface area (Å²) in [6.45, 7) is 2.36. The topological polar surface area (TPSA) is 73.4 Å². The van der Waals surface area contributed by atoms with Gasteiger partial charge in [-0.1, -0.05) is 0 Å². The molecule has 0 bridgehead atoms. The fourth-order valence-corrected chi connectivity index (χ4v) is 0.908. The SMILES string of the molecule is O=C(NCCCO)NC1CNC1. The third-order valence-electron chi connectivity index (χ3n) is 1.74. The van der Waals surface area contributed by atoms with Gasteiger partial charge in [-0.25, -0.2) is 4.79 Å². The first-order valence-corrected chi connectivity index (χ1v) is 4.19. The van der Waals surface area contributed by atoms with Gasteiger partial charge in [0.1, 0.15) is 0 Å². The van der Waals surface area contributed by atoms with Crippen molar-refractivity contribution in [2.75, 3.05) is 26.2 Å². The summed E-state index contributed by atoms with van der Waals surface area (Å²) in [4.78, 5) is 11.0. The number of aliphatic hydroxyl groups is 1. The van der Waals surface area contributed by atoms with E-state index in [0.29, 0.717) is 13.0 Å². The number of nitrogens with one attached hydrogen (secondary N) is 3. The first-order valence-electron chi connectivity index (χ1n) is 4.19. The van der Waals surface area contributed by atoms with Crippen LogP contribution in [0.4, 0.5) is 4.79 Å². The molecular weight excluding hydrogens is 158 g/mol. The highest BCUT2D eigenvalue weighted by atomic mass is 16.3. The van der Waals surface area contributed by atoms with Crippen LogP contribution in [0.1, 0.15) is 6.42 Å². The summed E-state index contributed by atoms with van der Waals surface area (Å²) in [5.41, 5.74) is 0. The van der Waals surface area contributed by atoms with Crippen LogP contribution < -0.4 is 16.0 Å². The van der Waals surface area contributed by atoms with Gasteiger partial charge < -0.3 is 21.1 Å². The predicted molar refractivity (Wildman–Crippen MR) is 44.9 cm³/mol. The van der Waals surface area contributed by atoms with Crippen molar-refractivity contribution < 1.29 is 9.90 Å². The average Bonchev–Trinajstić information content (AvgIpc) is 1.98. The van der Waals surface area contributed by atoms with Crippen LogP contribution >= 0.6 is 0 Å². The van der Waals surface area contributed by atoms with Crippen molar-refractivity contribution in [2.45, 2.75) is 12.5 Å². The van der Waals surface area contributed by atoms with Crippen LogP contribution in [0.5, 0.6) is 0 Å². The molecule has 0 spiro atoms. The number of hydrogen-bond acceptors (Lipinski definition) is 3. The molecule has 5 nitrogen and oxygen atoms in total. The standard InChI is InChI=1S/C7H15N3O2/c11-3-1-2-9-7(12)10-6-4-8-5-6/h6,8,11H,1-5H2,(H2,9,10,12). The van der Waals surface area contributed by atoms with Crippen LogP contribution in [0.25, 0.3) is 0 Å². The lowest BCUT2D eigenvalue weighted by Gasteiger charge is -2.27. The fourth-order valence-electron chi connectivity index (χ4n) is 0.908. The first-order chi connectivity index (χ1) is 5.83. The fraction of sp³-hybridized carbons (Fsp3) is 0.857. The number of aliphatic hydroxyl groups excluding tert-OH is 1. The molecule has 0 aromatic carbocycles. The summed E-state index contributed by atoms with van der Waals surface area (Å²) in [5.74, 6) is 0. The van der Waals surface area contributed by atoms with Crippen molar-refractivity contribution in [1.29, 1.82) is 0 Å². The Morgan fingerprint density at radius 3 is 2.83 bits per heavy atom. The van der Waals surface area contributed by atoms with Gasteiger partial charge in [-0.3, -0.25) is 0 Å². The minimum atomic E-state index is -0.144. The normalized spacial score (nSPS) is 16.8. The minimum absolute atomic E-state index is 0.116. The maximum Gasteiger partial charge on any atom is 0.315 e. The van der Waals surface area contributed by atoms with Crippen LogP contribution in [0.15, 0.2) is 0 Å². The van der Waals surface area contributed by atoms with E-state index in [2.05, 4.69) is 16.0 Å². The molecule has 1 heterocycles. The molecule has 0 aliphatic carbocycles. The van der Waals surface area contributed by atoms with E-state index in [1.54, 1.807) is 0 Å². The van der Waals surface area contributed by atoms with Gasteiger partial charge in [0.25, 0.3) is 0 Å². The third kappa shape index (κ3) is 3.06. The van der Waals surface area contributed by atoms with Gasteiger partial charge in [0, 0.05) is 26.2 Å². The number of urea groups is 1. The molecule has 2 amide bonds. The highest BCUT2D eigenvalue weighted by molar-refractivity contribution is 5.74. The van der Waals surface area contributed by atoms with E-state index in [0.717, 1.165) is 13.1 Å². The van der Waals surface area contributed by atoms with Gasteiger partial charge in [0.2, 0.25) is 0 Å². The number of hydrogen-bond donors (Lipinski definition) is 4. The lowest BCUT2D eigenvalue weighted by atomic mass is 10.2. The van der Waals surface area contributed by atoms with Gasteiger partial charge in [0.05, 0.1) is 6.04 Å². The third-order valence-corrected chi connectivity index (χ3v) is 1.74. The van der Waals surface area contributed by atoms with E-state index < -0.39 is 0 Å². The Morgan fingerprint density at radius 2 is 2.33 bits per heavy atom. The van der Waals surface area contributed by atoms with Gasteiger partial charge in [-0.2, -0.15) is 0 Å². The average molecular weight is 173 g/mol. The summed E-state index contributed by atoms with van der Waals surface area (Å²) in [7, 11) is 0. The van der Waals surface area contributed by atoms with Crippen molar-refractivity contribution in [1.82, 2.24) is 16.0 Å². The minimum Gasteiger partial charge on any atom is -0.396 e. The monoisotopic (exact) mass is 173 g/mol. The number of amides is 2. The van der Waals surface area contributed by atoms with E-state index in [1.165, 1.54) is 0 Å². The van der Waals surface area contributed by atoms with Gasteiger partial charge in [-0.05, 0) is 6.42 Å². The van der Waals surface area contributed by atoms with Crippen LogP contribution in [-0.2, 0) is 0 Å². The van der Waals surface area contributed by atoms with E-state index in [4.69, 9.17) is 5.11 Å². The number of carbonyl (C=O) groups excluding carboxylic acids is 1. The summed E-state index contributed by atoms with van der Waals surface area (Å²) in [6.07, 6.45) is 0.607. The molecule has 0 unspecified atom stereocenters. The molecule has 5 heteroatoms. The molecule has 1 fully saturated rings. The molecule has 70 valence electrons. The lowest BCUT2D eigenvalue weighted by Crippen LogP contribution is -2.58. The zero-order valence-corrected chi connectivity index (χ0v) is 6.97. The molecule has 1 rings (SSSR count). The molecule has 0 aromatic rings. The van der Waals surface area contributed by atoms with Crippen molar-refractivity contribution in [2.24, 2.45) is 0 Å². The maximum atomic E-state index is 11.0. The zero-order chi connectivity index (χ0) is 8.81. The molecule has 0 radical (unpaired) electrons. The maximum absolute atomic E-state index is 11.0. The molecule has 0 aromatic heterocycles. The second-order valence-electron chi connectivity index (χ2n) is 2.83. The van der Waals surface area contributed by atoms with E-state index >= 15 is 0 Å². The zero-order valence-electron chi connectivity index (χ0n) is 6.97. The Labute approximate surface area is 71.5 Å². The summed E-state index contributed by atoms with van der Waals surface area (Å²) in [5, 5.41) is 16.9. The van der Waals surface area contributed by atoms with Gasteiger partial charge in [0.15, 0.2) is 0 Å². The van der Waals surface area contributed by atoms with Crippen LogP contribution in [-0.4, -0.2) is 43.4 Å². The van der Waals surface area contributed by atoms with Gasteiger partial charge in [-0.15, -0.1) is 0 Å². The number of carbonyl (C=O) groups is 1. The Kier molecular flexibility index (Phi) is 3.83. The lowest BCUT2D eigenvalue weighted by molar-refractivity contribution is 0.229. The van der Waals surface area contributed by atoms with E-state index in [1.807, 2.05) is 0 Å². The van der Waals surface area contributed by atoms with Crippen molar-refractivity contribution in [3.63, 3.8) is 0 Å². The first kappa shape index (κ1) is 9.28. The smallest absolute Gasteiger partial charge is 0.315 e. The summed E-state index contributed by atoms with van der Waals surface area (Å²) in [6, 6.07) is 0.133. The van der Waals surface area contributed by atoms with Crippen LogP contribution in [0.3, 0.4) is 0 Å². The van der Waals surface area contributed by atoms with Gasteiger partial charge >= 0.3 is 6.03 Å². The molecular formula is C7H15N3O2. The Hall–Kier alpha value is -0.810. The van der Waals surface area contributed by atoms with Crippen molar-refractivity contribution >= 4 is 6.03 Å². The molecule has 1 saturated heterocycles. The molecule has 0 atom stereocenters.